The molecule has 3 N–H and O–H groups in total. The van der Waals surface area contributed by atoms with E-state index in [2.05, 4.69) is 77.7 Å². The van der Waals surface area contributed by atoms with Gasteiger partial charge in [-0.1, -0.05) is 46.8 Å². The molecule has 0 saturated carbocycles. The van der Waals surface area contributed by atoms with Crippen LogP contribution in [0.25, 0.3) is 0 Å². The molecule has 0 fully saturated rings. The fraction of sp³-hybridized carbons (Fsp3) is 0.286. The Morgan fingerprint density at radius 1 is 0.527 bits per heavy atom. The van der Waals surface area contributed by atoms with Gasteiger partial charge in [-0.05, 0) is 108 Å². The van der Waals surface area contributed by atoms with Crippen molar-refractivity contribution in [3.63, 3.8) is 0 Å². The van der Waals surface area contributed by atoms with E-state index in [1.165, 1.54) is 19.8 Å². The minimum Gasteiger partial charge on any atom is -0.490 e. The standard InChI is InChI=1S/C42H46N6O7/c1-41(2,3)26-42(4,5)30-14-22-34(23-15-30)54-24-25-55-37(51)29-12-20-33(21-13-29)45-40-47-38(43-31-16-8-27(9-17-31)35(49)52-6)46-39(48-40)44-32-18-10-28(11-19-32)36(50)53-7/h8-23H,24-26H2,1-7H3,(H3,43,44,45,46,47,48). The van der Waals surface area contributed by atoms with Gasteiger partial charge in [-0.3, -0.25) is 0 Å². The zero-order chi connectivity index (χ0) is 39.6. The van der Waals surface area contributed by atoms with E-state index in [1.54, 1.807) is 72.8 Å². The van der Waals surface area contributed by atoms with Crippen molar-refractivity contribution in [1.29, 1.82) is 0 Å². The van der Waals surface area contributed by atoms with Crippen molar-refractivity contribution < 1.29 is 33.3 Å². The summed E-state index contributed by atoms with van der Waals surface area (Å²) in [5, 5.41) is 9.38. The number of benzene rings is 4. The molecule has 5 rings (SSSR count). The molecule has 1 heterocycles. The fourth-order valence-corrected chi connectivity index (χ4v) is 6.04. The van der Waals surface area contributed by atoms with Crippen LogP contribution in [0.15, 0.2) is 97.1 Å². The lowest BCUT2D eigenvalue weighted by atomic mass is 9.72. The van der Waals surface area contributed by atoms with Crippen molar-refractivity contribution in [3.05, 3.63) is 119 Å². The third kappa shape index (κ3) is 11.5. The molecule has 0 aliphatic rings. The van der Waals surface area contributed by atoms with E-state index in [1.807, 2.05) is 12.1 Å². The summed E-state index contributed by atoms with van der Waals surface area (Å²) in [5.41, 5.74) is 4.46. The number of ether oxygens (including phenoxy) is 4. The van der Waals surface area contributed by atoms with Gasteiger partial charge in [0.1, 0.15) is 19.0 Å². The Kier molecular flexibility index (Phi) is 12.7. The Hall–Kier alpha value is -6.50. The number of esters is 3. The molecular formula is C42H46N6O7. The Balaban J connectivity index is 1.21. The molecule has 0 unspecified atom stereocenters. The molecule has 0 radical (unpaired) electrons. The SMILES string of the molecule is COC(=O)c1ccc(Nc2nc(Nc3ccc(C(=O)OC)cc3)nc(Nc3ccc(C(=O)OCCOc4ccc(C(C)(C)CC(C)(C)C)cc4)cc3)n2)cc1. The van der Waals surface area contributed by atoms with Crippen LogP contribution in [0.1, 0.15) is 77.7 Å². The third-order valence-electron chi connectivity index (χ3n) is 8.33. The van der Waals surface area contributed by atoms with Crippen molar-refractivity contribution in [2.24, 2.45) is 5.41 Å². The minimum absolute atomic E-state index is 0.0352. The monoisotopic (exact) mass is 746 g/mol. The van der Waals surface area contributed by atoms with Crippen molar-refractivity contribution in [2.45, 2.75) is 46.5 Å². The number of aromatic nitrogens is 3. The highest BCUT2D eigenvalue weighted by atomic mass is 16.6. The summed E-state index contributed by atoms with van der Waals surface area (Å²) in [4.78, 5) is 50.0. The maximum atomic E-state index is 12.8. The molecule has 0 spiro atoms. The van der Waals surface area contributed by atoms with Gasteiger partial charge in [0, 0.05) is 17.1 Å². The van der Waals surface area contributed by atoms with E-state index < -0.39 is 17.9 Å². The number of anilines is 6. The summed E-state index contributed by atoms with van der Waals surface area (Å²) in [7, 11) is 2.63. The van der Waals surface area contributed by atoms with Gasteiger partial charge in [-0.15, -0.1) is 0 Å². The predicted molar refractivity (Wildman–Crippen MR) is 211 cm³/mol. The van der Waals surface area contributed by atoms with E-state index in [0.717, 1.165) is 6.42 Å². The van der Waals surface area contributed by atoms with Crippen LogP contribution >= 0.6 is 0 Å². The van der Waals surface area contributed by atoms with E-state index in [9.17, 15) is 14.4 Å². The highest BCUT2D eigenvalue weighted by Crippen LogP contribution is 2.36. The van der Waals surface area contributed by atoms with E-state index in [-0.39, 0.29) is 41.9 Å². The quantitative estimate of drug-likeness (QED) is 0.0531. The first-order valence-electron chi connectivity index (χ1n) is 17.7. The van der Waals surface area contributed by atoms with Crippen LogP contribution in [-0.2, 0) is 19.6 Å². The Labute approximate surface area is 320 Å². The van der Waals surface area contributed by atoms with Gasteiger partial charge in [0.25, 0.3) is 0 Å². The molecule has 286 valence electrons. The second-order valence-electron chi connectivity index (χ2n) is 14.5. The Bertz CT molecular complexity index is 2000. The van der Waals surface area contributed by atoms with Crippen LogP contribution in [0.4, 0.5) is 34.9 Å². The molecule has 0 aliphatic heterocycles. The minimum atomic E-state index is -0.482. The number of hydrogen-bond acceptors (Lipinski definition) is 13. The smallest absolute Gasteiger partial charge is 0.338 e. The highest BCUT2D eigenvalue weighted by molar-refractivity contribution is 5.91. The molecular weight excluding hydrogens is 700 g/mol. The van der Waals surface area contributed by atoms with Crippen LogP contribution in [0.3, 0.4) is 0 Å². The van der Waals surface area contributed by atoms with Crippen LogP contribution in [0, 0.1) is 5.41 Å². The van der Waals surface area contributed by atoms with E-state index in [0.29, 0.717) is 39.5 Å². The van der Waals surface area contributed by atoms with E-state index in [4.69, 9.17) is 18.9 Å². The third-order valence-corrected chi connectivity index (χ3v) is 8.33. The summed E-state index contributed by atoms with van der Waals surface area (Å²) >= 11 is 0. The molecule has 4 aromatic carbocycles. The fourth-order valence-electron chi connectivity index (χ4n) is 6.04. The molecule has 0 aliphatic carbocycles. The van der Waals surface area contributed by atoms with Crippen LogP contribution in [0.5, 0.6) is 5.75 Å². The molecule has 0 amide bonds. The molecule has 1 aromatic heterocycles. The highest BCUT2D eigenvalue weighted by Gasteiger charge is 2.27. The average Bonchev–Trinajstić information content (AvgIpc) is 3.16. The van der Waals surface area contributed by atoms with Gasteiger partial charge < -0.3 is 34.9 Å². The number of carbonyl (C=O) groups excluding carboxylic acids is 3. The number of carbonyl (C=O) groups is 3. The summed E-state index contributed by atoms with van der Waals surface area (Å²) in [5.74, 6) is -0.100. The normalized spacial score (nSPS) is 11.3. The first-order chi connectivity index (χ1) is 26.2. The molecule has 5 aromatic rings. The van der Waals surface area contributed by atoms with Gasteiger partial charge in [0.05, 0.1) is 30.9 Å². The Morgan fingerprint density at radius 3 is 1.27 bits per heavy atom. The van der Waals surface area contributed by atoms with Crippen LogP contribution in [-0.4, -0.2) is 60.3 Å². The summed E-state index contributed by atoms with van der Waals surface area (Å²) in [6, 6.07) is 28.0. The number of hydrogen-bond donors (Lipinski definition) is 3. The second-order valence-corrected chi connectivity index (χ2v) is 14.5. The summed E-state index contributed by atoms with van der Waals surface area (Å²) < 4.78 is 20.8. The van der Waals surface area contributed by atoms with Gasteiger partial charge in [0.15, 0.2) is 0 Å². The average molecular weight is 747 g/mol. The molecule has 13 heteroatoms. The number of nitrogens with zero attached hydrogens (tertiary/aromatic N) is 3. The molecule has 0 bridgehead atoms. The van der Waals surface area contributed by atoms with Crippen molar-refractivity contribution >= 4 is 52.8 Å². The summed E-state index contributed by atoms with van der Waals surface area (Å²) in [6.45, 7) is 11.5. The van der Waals surface area contributed by atoms with E-state index >= 15 is 0 Å². The van der Waals surface area contributed by atoms with Gasteiger partial charge >= 0.3 is 17.9 Å². The van der Waals surface area contributed by atoms with Crippen molar-refractivity contribution in [3.8, 4) is 5.75 Å². The van der Waals surface area contributed by atoms with Crippen molar-refractivity contribution in [1.82, 2.24) is 15.0 Å². The van der Waals surface area contributed by atoms with Gasteiger partial charge in [-0.25, -0.2) is 14.4 Å². The maximum absolute atomic E-state index is 12.8. The lowest BCUT2D eigenvalue weighted by Crippen LogP contribution is -2.24. The van der Waals surface area contributed by atoms with Crippen LogP contribution in [0.2, 0.25) is 0 Å². The zero-order valence-corrected chi connectivity index (χ0v) is 32.1. The lowest BCUT2D eigenvalue weighted by molar-refractivity contribution is 0.0449. The largest absolute Gasteiger partial charge is 0.490 e. The zero-order valence-electron chi connectivity index (χ0n) is 32.1. The summed E-state index contributed by atoms with van der Waals surface area (Å²) in [6.07, 6.45) is 1.05. The first kappa shape index (κ1) is 39.7. The molecule has 0 saturated heterocycles. The maximum Gasteiger partial charge on any atom is 0.338 e. The Morgan fingerprint density at radius 2 is 0.909 bits per heavy atom. The predicted octanol–water partition coefficient (Wildman–Crippen LogP) is 8.63. The molecule has 55 heavy (non-hydrogen) atoms. The van der Waals surface area contributed by atoms with Crippen LogP contribution < -0.4 is 20.7 Å². The number of nitrogens with one attached hydrogen (secondary N) is 3. The van der Waals surface area contributed by atoms with Gasteiger partial charge in [0.2, 0.25) is 17.8 Å². The number of methoxy groups -OCH3 is 2. The molecule has 0 atom stereocenters. The molecule has 13 nitrogen and oxygen atoms in total. The number of rotatable bonds is 15. The second kappa shape index (κ2) is 17.5. The topological polar surface area (TPSA) is 163 Å². The van der Waals surface area contributed by atoms with Crippen molar-refractivity contribution in [2.75, 3.05) is 43.4 Å². The van der Waals surface area contributed by atoms with Gasteiger partial charge in [-0.2, -0.15) is 15.0 Å². The first-order valence-corrected chi connectivity index (χ1v) is 17.7. The lowest BCUT2D eigenvalue weighted by Gasteiger charge is -2.33.